The second kappa shape index (κ2) is 7.33. The van der Waals surface area contributed by atoms with Crippen LogP contribution in [-0.4, -0.2) is 60.1 Å². The molecule has 1 fully saturated rings. The van der Waals surface area contributed by atoms with Crippen LogP contribution in [0.4, 0.5) is 4.39 Å². The number of nitrogens with zero attached hydrogens (tertiary/aromatic N) is 2. The first-order valence-corrected chi connectivity index (χ1v) is 7.88. The van der Waals surface area contributed by atoms with Crippen LogP contribution in [-0.2, 0) is 0 Å². The molecule has 21 heavy (non-hydrogen) atoms. The molecule has 1 amide bonds. The van der Waals surface area contributed by atoms with E-state index < -0.39 is 5.82 Å². The molecule has 1 heterocycles. The van der Waals surface area contributed by atoms with Crippen LogP contribution in [0.15, 0.2) is 22.7 Å². The highest BCUT2D eigenvalue weighted by molar-refractivity contribution is 9.10. The molecule has 0 unspecified atom stereocenters. The van der Waals surface area contributed by atoms with Crippen molar-refractivity contribution in [3.05, 3.63) is 34.1 Å². The first kappa shape index (κ1) is 16.4. The summed E-state index contributed by atoms with van der Waals surface area (Å²) in [5.41, 5.74) is 0.0525. The summed E-state index contributed by atoms with van der Waals surface area (Å²) in [6.07, 6.45) is 1.69. The van der Waals surface area contributed by atoms with Crippen LogP contribution in [0.5, 0.6) is 0 Å². The highest BCUT2D eigenvalue weighted by atomic mass is 79.9. The van der Waals surface area contributed by atoms with E-state index in [-0.39, 0.29) is 35.1 Å². The van der Waals surface area contributed by atoms with Crippen molar-refractivity contribution in [1.82, 2.24) is 9.80 Å². The Morgan fingerprint density at radius 2 is 2.14 bits per heavy atom. The van der Waals surface area contributed by atoms with E-state index in [0.717, 1.165) is 25.9 Å². The van der Waals surface area contributed by atoms with Crippen molar-refractivity contribution >= 4 is 21.8 Å². The Labute approximate surface area is 132 Å². The van der Waals surface area contributed by atoms with Gasteiger partial charge < -0.3 is 14.9 Å². The van der Waals surface area contributed by atoms with E-state index in [0.29, 0.717) is 0 Å². The molecule has 1 saturated heterocycles. The van der Waals surface area contributed by atoms with Crippen LogP contribution >= 0.6 is 15.9 Å². The molecular weight excluding hydrogens is 339 g/mol. The van der Waals surface area contributed by atoms with Crippen LogP contribution in [0, 0.1) is 5.82 Å². The van der Waals surface area contributed by atoms with E-state index in [1.165, 1.54) is 6.07 Å². The maximum Gasteiger partial charge on any atom is 0.257 e. The van der Waals surface area contributed by atoms with Gasteiger partial charge in [0.25, 0.3) is 5.91 Å². The number of hydrogen-bond donors (Lipinski definition) is 1. The number of halogens is 2. The predicted octanol–water partition coefficient (Wildman–Crippen LogP) is 2.12. The van der Waals surface area contributed by atoms with E-state index in [9.17, 15) is 14.3 Å². The number of carbonyl (C=O) groups excluding carboxylic acids is 1. The molecular formula is C15H20BrFN2O2. The van der Waals surface area contributed by atoms with Crippen molar-refractivity contribution in [2.24, 2.45) is 0 Å². The molecule has 0 aliphatic carbocycles. The minimum atomic E-state index is -0.543. The molecule has 0 aromatic heterocycles. The summed E-state index contributed by atoms with van der Waals surface area (Å²) in [5, 5.41) is 9.23. The van der Waals surface area contributed by atoms with Crippen LogP contribution in [0.3, 0.4) is 0 Å². The van der Waals surface area contributed by atoms with Gasteiger partial charge in [-0.2, -0.15) is 0 Å². The zero-order valence-corrected chi connectivity index (χ0v) is 13.6. The number of amides is 1. The summed E-state index contributed by atoms with van der Waals surface area (Å²) in [5.74, 6) is -0.893. The minimum absolute atomic E-state index is 0.0525. The molecule has 0 radical (unpaired) electrons. The van der Waals surface area contributed by atoms with Crippen molar-refractivity contribution in [3.63, 3.8) is 0 Å². The van der Waals surface area contributed by atoms with Crippen LogP contribution in [0.1, 0.15) is 23.2 Å². The lowest BCUT2D eigenvalue weighted by molar-refractivity contribution is 0.0535. The zero-order chi connectivity index (χ0) is 15.4. The first-order chi connectivity index (χ1) is 10.0. The van der Waals surface area contributed by atoms with Gasteiger partial charge in [-0.3, -0.25) is 4.79 Å². The molecule has 116 valence electrons. The molecule has 0 saturated carbocycles. The summed E-state index contributed by atoms with van der Waals surface area (Å²) >= 11 is 3.10. The number of hydrogen-bond acceptors (Lipinski definition) is 3. The first-order valence-electron chi connectivity index (χ1n) is 7.09. The lowest BCUT2D eigenvalue weighted by Crippen LogP contribution is -2.47. The molecule has 1 aromatic rings. The van der Waals surface area contributed by atoms with Crippen molar-refractivity contribution < 1.29 is 14.3 Å². The highest BCUT2D eigenvalue weighted by Crippen LogP contribution is 2.23. The van der Waals surface area contributed by atoms with Crippen LogP contribution < -0.4 is 0 Å². The molecule has 4 nitrogen and oxygen atoms in total. The third kappa shape index (κ3) is 3.81. The third-order valence-corrected chi connectivity index (χ3v) is 4.53. The number of aliphatic hydroxyl groups excluding tert-OH is 1. The van der Waals surface area contributed by atoms with Crippen LogP contribution in [0.25, 0.3) is 0 Å². The Hall–Kier alpha value is -0.980. The van der Waals surface area contributed by atoms with Crippen molar-refractivity contribution in [1.29, 1.82) is 0 Å². The van der Waals surface area contributed by atoms with E-state index in [1.54, 1.807) is 17.0 Å². The number of carbonyl (C=O) groups is 1. The quantitative estimate of drug-likeness (QED) is 0.896. The van der Waals surface area contributed by atoms with Crippen molar-refractivity contribution in [2.45, 2.75) is 18.9 Å². The lowest BCUT2D eigenvalue weighted by Gasteiger charge is -2.37. The Morgan fingerprint density at radius 3 is 2.76 bits per heavy atom. The van der Waals surface area contributed by atoms with Crippen LogP contribution in [0.2, 0.25) is 0 Å². The maximum absolute atomic E-state index is 14.1. The fourth-order valence-electron chi connectivity index (χ4n) is 2.69. The van der Waals surface area contributed by atoms with Gasteiger partial charge in [-0.05, 0) is 61.0 Å². The molecule has 1 aliphatic rings. The average Bonchev–Trinajstić information content (AvgIpc) is 2.48. The molecule has 1 aliphatic heterocycles. The molecule has 1 N–H and O–H groups in total. The summed E-state index contributed by atoms with van der Waals surface area (Å²) in [4.78, 5) is 16.4. The summed E-state index contributed by atoms with van der Waals surface area (Å²) < 4.78 is 14.4. The second-order valence-electron chi connectivity index (χ2n) is 5.36. The SMILES string of the molecule is CN1CCC(N(CCO)C(=O)c2cccc(Br)c2F)CC1. The fourth-order valence-corrected chi connectivity index (χ4v) is 3.05. The number of piperidine rings is 1. The summed E-state index contributed by atoms with van der Waals surface area (Å²) in [6, 6.07) is 4.76. The molecule has 0 atom stereocenters. The van der Waals surface area contributed by atoms with Gasteiger partial charge in [0.2, 0.25) is 0 Å². The van der Waals surface area contributed by atoms with Gasteiger partial charge in [0.05, 0.1) is 16.6 Å². The highest BCUT2D eigenvalue weighted by Gasteiger charge is 2.28. The normalized spacial score (nSPS) is 17.0. The molecule has 1 aromatic carbocycles. The number of benzene rings is 1. The fraction of sp³-hybridized carbons (Fsp3) is 0.533. The molecule has 0 spiro atoms. The monoisotopic (exact) mass is 358 g/mol. The summed E-state index contributed by atoms with van der Waals surface area (Å²) in [6.45, 7) is 1.93. The van der Waals surface area contributed by atoms with Gasteiger partial charge in [0.1, 0.15) is 5.82 Å². The second-order valence-corrected chi connectivity index (χ2v) is 6.21. The molecule has 0 bridgehead atoms. The Morgan fingerprint density at radius 1 is 1.48 bits per heavy atom. The smallest absolute Gasteiger partial charge is 0.257 e. The average molecular weight is 359 g/mol. The number of likely N-dealkylation sites (tertiary alicyclic amines) is 1. The standard InChI is InChI=1S/C15H20BrFN2O2/c1-18-7-5-11(6-8-18)19(9-10-20)15(21)12-3-2-4-13(16)14(12)17/h2-4,11,20H,5-10H2,1H3. The van der Waals surface area contributed by atoms with Gasteiger partial charge in [-0.25, -0.2) is 4.39 Å². The predicted molar refractivity (Wildman–Crippen MR) is 82.7 cm³/mol. The van der Waals surface area contributed by atoms with Gasteiger partial charge in [-0.1, -0.05) is 6.07 Å². The maximum atomic E-state index is 14.1. The van der Waals surface area contributed by atoms with Gasteiger partial charge in [-0.15, -0.1) is 0 Å². The Balaban J connectivity index is 2.21. The zero-order valence-electron chi connectivity index (χ0n) is 12.1. The Kier molecular flexibility index (Phi) is 5.72. The summed E-state index contributed by atoms with van der Waals surface area (Å²) in [7, 11) is 2.04. The number of rotatable bonds is 4. The minimum Gasteiger partial charge on any atom is -0.395 e. The van der Waals surface area contributed by atoms with Crippen molar-refractivity contribution in [2.75, 3.05) is 33.3 Å². The Bertz CT molecular complexity index is 504. The van der Waals surface area contributed by atoms with E-state index >= 15 is 0 Å². The molecule has 2 rings (SSSR count). The van der Waals surface area contributed by atoms with E-state index in [2.05, 4.69) is 20.8 Å². The van der Waals surface area contributed by atoms with Gasteiger partial charge in [0.15, 0.2) is 0 Å². The third-order valence-electron chi connectivity index (χ3n) is 3.91. The topological polar surface area (TPSA) is 43.8 Å². The van der Waals surface area contributed by atoms with E-state index in [4.69, 9.17) is 0 Å². The largest absolute Gasteiger partial charge is 0.395 e. The number of aliphatic hydroxyl groups is 1. The van der Waals surface area contributed by atoms with Gasteiger partial charge in [0, 0.05) is 12.6 Å². The van der Waals surface area contributed by atoms with Crippen molar-refractivity contribution in [3.8, 4) is 0 Å². The lowest BCUT2D eigenvalue weighted by atomic mass is 10.0. The molecule has 6 heteroatoms. The van der Waals surface area contributed by atoms with Gasteiger partial charge >= 0.3 is 0 Å². The van der Waals surface area contributed by atoms with E-state index in [1.807, 2.05) is 7.05 Å².